The third-order valence-corrected chi connectivity index (χ3v) is 11.3. The Balaban J connectivity index is 1.16. The largest absolute Gasteiger partial charge is 0.456 e. The van der Waals surface area contributed by atoms with Crippen LogP contribution in [0.4, 0.5) is 0 Å². The molecule has 9 rings (SSSR count). The molecule has 9 aromatic rings. The van der Waals surface area contributed by atoms with E-state index in [1.165, 1.54) is 0 Å². The van der Waals surface area contributed by atoms with Crippen molar-refractivity contribution < 1.29 is 13.4 Å². The first-order chi connectivity index (χ1) is 22.6. The number of hydrogen-bond donors (Lipinski definition) is 0. The molecule has 0 N–H and O–H groups in total. The maximum absolute atomic E-state index is 14.9. The van der Waals surface area contributed by atoms with Crippen molar-refractivity contribution >= 4 is 67.2 Å². The minimum absolute atomic E-state index is 0.470. The van der Waals surface area contributed by atoms with Gasteiger partial charge >= 0.3 is 0 Å². The van der Waals surface area contributed by atoms with Crippen molar-refractivity contribution in [2.45, 2.75) is 0 Å². The molecule has 0 aliphatic heterocycles. The number of aromatic nitrogens is 3. The second-order valence-electron chi connectivity index (χ2n) is 11.3. The number of fused-ring (bicyclic) bond motifs is 6. The van der Waals surface area contributed by atoms with Crippen LogP contribution in [0.15, 0.2) is 155 Å². The summed E-state index contributed by atoms with van der Waals surface area (Å²) in [6, 6.07) is 39.7. The van der Waals surface area contributed by atoms with E-state index in [9.17, 15) is 4.57 Å². The molecular weight excluding hydrogens is 589 g/mol. The zero-order chi connectivity index (χ0) is 30.7. The molecule has 0 atom stereocenters. The molecule has 0 fully saturated rings. The minimum Gasteiger partial charge on any atom is -0.456 e. The van der Waals surface area contributed by atoms with Crippen molar-refractivity contribution in [3.05, 3.63) is 146 Å². The summed E-state index contributed by atoms with van der Waals surface area (Å²) in [6.45, 7) is 0. The van der Waals surface area contributed by atoms with E-state index in [0.717, 1.165) is 66.1 Å². The van der Waals surface area contributed by atoms with Crippen LogP contribution in [0.25, 0.3) is 66.1 Å². The topological polar surface area (TPSA) is 82.0 Å². The number of hydrogen-bond acceptors (Lipinski definition) is 6. The first kappa shape index (κ1) is 26.6. The zero-order valence-electron chi connectivity index (χ0n) is 24.4. The zero-order valence-corrected chi connectivity index (χ0v) is 25.3. The maximum Gasteiger partial charge on any atom is 0.207 e. The molecule has 0 unspecified atom stereocenters. The summed E-state index contributed by atoms with van der Waals surface area (Å²) in [4.78, 5) is 13.5. The average molecular weight is 614 g/mol. The number of furan rings is 2. The highest BCUT2D eigenvalue weighted by Crippen LogP contribution is 2.42. The lowest BCUT2D eigenvalue weighted by Gasteiger charge is -2.18. The highest BCUT2D eigenvalue weighted by Gasteiger charge is 2.33. The summed E-state index contributed by atoms with van der Waals surface area (Å²) in [5.41, 5.74) is 8.27. The van der Waals surface area contributed by atoms with Gasteiger partial charge in [0.15, 0.2) is 0 Å². The highest BCUT2D eigenvalue weighted by molar-refractivity contribution is 7.84. The van der Waals surface area contributed by atoms with E-state index in [-0.39, 0.29) is 0 Å². The van der Waals surface area contributed by atoms with Crippen molar-refractivity contribution in [2.24, 2.45) is 0 Å². The van der Waals surface area contributed by atoms with Gasteiger partial charge in [-0.05, 0) is 89.5 Å². The molecule has 6 nitrogen and oxygen atoms in total. The van der Waals surface area contributed by atoms with E-state index >= 15 is 0 Å². The van der Waals surface area contributed by atoms with Crippen molar-refractivity contribution in [3.8, 4) is 22.3 Å². The minimum atomic E-state index is -3.38. The molecule has 7 heteroatoms. The summed E-state index contributed by atoms with van der Waals surface area (Å²) in [7, 11) is -3.38. The van der Waals surface area contributed by atoms with E-state index in [2.05, 4.69) is 51.4 Å². The number of rotatable bonds is 5. The second-order valence-corrected chi connectivity index (χ2v) is 13.9. The van der Waals surface area contributed by atoms with Gasteiger partial charge in [0, 0.05) is 57.2 Å². The molecule has 0 spiro atoms. The Morgan fingerprint density at radius 2 is 0.957 bits per heavy atom. The van der Waals surface area contributed by atoms with Gasteiger partial charge in [-0.15, -0.1) is 0 Å². The Bertz CT molecular complexity index is 2580. The third-order valence-electron chi connectivity index (χ3n) is 8.54. The lowest BCUT2D eigenvalue weighted by atomic mass is 9.99. The van der Waals surface area contributed by atoms with Gasteiger partial charge in [0.2, 0.25) is 7.14 Å². The van der Waals surface area contributed by atoms with Gasteiger partial charge in [-0.2, -0.15) is 0 Å². The molecule has 4 aromatic carbocycles. The number of nitrogens with zero attached hydrogens (tertiary/aromatic N) is 3. The summed E-state index contributed by atoms with van der Waals surface area (Å²) in [5, 5.41) is 4.78. The molecule has 218 valence electrons. The first-order valence-corrected chi connectivity index (χ1v) is 16.6. The Hall–Kier alpha value is -5.84. The fourth-order valence-corrected chi connectivity index (χ4v) is 8.63. The van der Waals surface area contributed by atoms with E-state index < -0.39 is 7.14 Å². The fourth-order valence-electron chi connectivity index (χ4n) is 6.26. The molecular formula is C39H24N3O3P. The van der Waals surface area contributed by atoms with Crippen LogP contribution < -0.4 is 16.2 Å². The molecule has 0 bridgehead atoms. The third kappa shape index (κ3) is 4.19. The van der Waals surface area contributed by atoms with Gasteiger partial charge in [-0.3, -0.25) is 15.0 Å². The highest BCUT2D eigenvalue weighted by atomic mass is 31.2. The van der Waals surface area contributed by atoms with E-state index in [1.807, 2.05) is 72.8 Å². The van der Waals surface area contributed by atoms with Crippen molar-refractivity contribution in [2.75, 3.05) is 0 Å². The lowest BCUT2D eigenvalue weighted by molar-refractivity contribution is 0.591. The monoisotopic (exact) mass is 613 g/mol. The average Bonchev–Trinajstić information content (AvgIpc) is 3.69. The molecule has 0 radical (unpaired) electrons. The number of pyridine rings is 3. The van der Waals surface area contributed by atoms with E-state index in [4.69, 9.17) is 8.83 Å². The van der Waals surface area contributed by atoms with Crippen LogP contribution in [0.1, 0.15) is 0 Å². The normalized spacial score (nSPS) is 12.0. The van der Waals surface area contributed by atoms with Gasteiger partial charge in [-0.1, -0.05) is 48.5 Å². The predicted octanol–water partition coefficient (Wildman–Crippen LogP) is 8.64. The van der Waals surface area contributed by atoms with Gasteiger partial charge in [0.25, 0.3) is 0 Å². The van der Waals surface area contributed by atoms with Crippen LogP contribution in [0.3, 0.4) is 0 Å². The van der Waals surface area contributed by atoms with Crippen LogP contribution >= 0.6 is 7.14 Å². The van der Waals surface area contributed by atoms with Crippen LogP contribution in [-0.4, -0.2) is 15.0 Å². The lowest BCUT2D eigenvalue weighted by Crippen LogP contribution is -2.28. The summed E-state index contributed by atoms with van der Waals surface area (Å²) >= 11 is 0. The Kier molecular flexibility index (Phi) is 5.99. The molecule has 5 heterocycles. The maximum atomic E-state index is 14.9. The number of benzene rings is 4. The molecule has 0 aliphatic rings. The molecule has 0 amide bonds. The van der Waals surface area contributed by atoms with Crippen LogP contribution in [0.2, 0.25) is 0 Å². The smallest absolute Gasteiger partial charge is 0.207 e. The van der Waals surface area contributed by atoms with Gasteiger partial charge in [-0.25, -0.2) is 0 Å². The SMILES string of the molecule is O=P(c1cncc(-c2ccc3oc4ccc(-c5ccc6oc7ccccc7c6c5)cc4c3c2)c1)(c1ccccn1)c1ccccn1. The van der Waals surface area contributed by atoms with Crippen LogP contribution in [-0.2, 0) is 4.57 Å². The number of para-hydroxylation sites is 1. The van der Waals surface area contributed by atoms with E-state index in [0.29, 0.717) is 16.2 Å². The van der Waals surface area contributed by atoms with E-state index in [1.54, 1.807) is 36.9 Å². The van der Waals surface area contributed by atoms with Crippen molar-refractivity contribution in [1.29, 1.82) is 0 Å². The molecule has 0 aliphatic carbocycles. The summed E-state index contributed by atoms with van der Waals surface area (Å²) < 4.78 is 27.2. The van der Waals surface area contributed by atoms with Gasteiger partial charge in [0.1, 0.15) is 33.2 Å². The standard InChI is InChI=1S/C39H24N3O3P/c43-46(38-9-3-5-17-41-38,39-10-4-6-18-42-39)29-19-28(23-40-24-29)27-13-16-37-33(22-27)32-21-26(12-15-36(32)45-37)25-11-14-35-31(20-25)30-7-1-2-8-34(30)44-35/h1-24H. The second kappa shape index (κ2) is 10.4. The van der Waals surface area contributed by atoms with Crippen molar-refractivity contribution in [1.82, 2.24) is 15.0 Å². The van der Waals surface area contributed by atoms with Gasteiger partial charge < -0.3 is 13.4 Å². The van der Waals surface area contributed by atoms with Gasteiger partial charge in [0.05, 0.1) is 0 Å². The Morgan fingerprint density at radius 3 is 1.52 bits per heavy atom. The quantitative estimate of drug-likeness (QED) is 0.181. The summed E-state index contributed by atoms with van der Waals surface area (Å²) in [6.07, 6.45) is 6.77. The summed E-state index contributed by atoms with van der Waals surface area (Å²) in [5.74, 6) is 0. The Labute approximate surface area is 263 Å². The predicted molar refractivity (Wildman–Crippen MR) is 185 cm³/mol. The van der Waals surface area contributed by atoms with Crippen LogP contribution in [0, 0.1) is 0 Å². The van der Waals surface area contributed by atoms with Crippen LogP contribution in [0.5, 0.6) is 0 Å². The molecule has 0 saturated carbocycles. The molecule has 0 saturated heterocycles. The Morgan fingerprint density at radius 1 is 0.457 bits per heavy atom. The molecule has 5 aromatic heterocycles. The van der Waals surface area contributed by atoms with Crippen molar-refractivity contribution in [3.63, 3.8) is 0 Å². The first-order valence-electron chi connectivity index (χ1n) is 14.9. The fraction of sp³-hybridized carbons (Fsp3) is 0. The molecule has 46 heavy (non-hydrogen) atoms.